The van der Waals surface area contributed by atoms with E-state index in [4.69, 9.17) is 20.6 Å². The standard InChI is InChI=1S/C32H30N8O21S7/c33-30-25(38-35-18-4-6-20(7-5-18)62(41,42)12-10-60-67(54,55)56)17-26(39-36-19-14-23-22(28(15-19)65(48,49)50)2-1-3-27(23)64(45,46)47)31(34)32(30)40-37-24-9-8-21(16-29(24)66(51,52)53)63(43,44)13-11-61-68(57,58)59/h1-9,14-17H,10-13,33-34H2,(H,45,46,47)(H,48,49,50)(H,51,52,53)(H,54,55,56)(H,57,58,59). The van der Waals surface area contributed by atoms with Crippen molar-refractivity contribution < 1.29 is 90.1 Å². The molecule has 68 heavy (non-hydrogen) atoms. The molecule has 0 saturated carbocycles. The van der Waals surface area contributed by atoms with Crippen molar-refractivity contribution in [3.8, 4) is 0 Å². The molecule has 0 bridgehead atoms. The minimum Gasteiger partial charge on any atom is -0.395 e. The van der Waals surface area contributed by atoms with Crippen LogP contribution in [0.5, 0.6) is 0 Å². The summed E-state index contributed by atoms with van der Waals surface area (Å²) in [4.78, 5) is -4.01. The Bertz CT molecular complexity index is 3760. The van der Waals surface area contributed by atoms with Gasteiger partial charge in [-0.2, -0.15) is 52.3 Å². The Labute approximate surface area is 385 Å². The number of azo groups is 3. The molecule has 0 radical (unpaired) electrons. The first-order chi connectivity index (χ1) is 31.2. The molecule has 0 spiro atoms. The molecule has 0 amide bonds. The summed E-state index contributed by atoms with van der Waals surface area (Å²) in [6, 6.07) is 12.1. The fraction of sp³-hybridized carbons (Fsp3) is 0.125. The summed E-state index contributed by atoms with van der Waals surface area (Å²) in [5, 5.41) is 22.5. The van der Waals surface area contributed by atoms with Gasteiger partial charge in [0.25, 0.3) is 30.4 Å². The molecule has 5 aromatic rings. The second-order valence-electron chi connectivity index (χ2n) is 13.2. The van der Waals surface area contributed by atoms with Gasteiger partial charge in [-0.25, -0.2) is 25.2 Å². The Morgan fingerprint density at radius 3 is 1.40 bits per heavy atom. The fourth-order valence-corrected chi connectivity index (χ4v) is 10.7. The van der Waals surface area contributed by atoms with Crippen LogP contribution in [0, 0.1) is 0 Å². The highest BCUT2D eigenvalue weighted by atomic mass is 32.3. The number of rotatable bonds is 19. The first kappa shape index (κ1) is 53.1. The molecule has 29 nitrogen and oxygen atoms in total. The van der Waals surface area contributed by atoms with E-state index >= 15 is 0 Å². The Morgan fingerprint density at radius 2 is 0.897 bits per heavy atom. The van der Waals surface area contributed by atoms with E-state index in [1.165, 1.54) is 0 Å². The van der Waals surface area contributed by atoms with Crippen LogP contribution in [0.25, 0.3) is 10.8 Å². The number of hydrogen-bond donors (Lipinski definition) is 7. The number of nitrogen functional groups attached to an aromatic ring is 2. The van der Waals surface area contributed by atoms with Crippen molar-refractivity contribution in [1.82, 2.24) is 0 Å². The number of hydrogen-bond acceptors (Lipinski definition) is 24. The average Bonchev–Trinajstić information content (AvgIpc) is 3.20. The predicted octanol–water partition coefficient (Wildman–Crippen LogP) is 4.18. The zero-order valence-corrected chi connectivity index (χ0v) is 39.0. The molecule has 0 saturated heterocycles. The van der Waals surface area contributed by atoms with Crippen LogP contribution in [0.3, 0.4) is 0 Å². The third kappa shape index (κ3) is 13.6. The van der Waals surface area contributed by atoms with E-state index in [0.717, 1.165) is 72.8 Å². The molecule has 0 fully saturated rings. The molecule has 5 aromatic carbocycles. The van der Waals surface area contributed by atoms with E-state index in [9.17, 15) is 72.6 Å². The highest BCUT2D eigenvalue weighted by Gasteiger charge is 2.25. The maximum Gasteiger partial charge on any atom is 0.397 e. The SMILES string of the molecule is Nc1c(N=Nc2ccc(S(=O)(=O)CCOS(=O)(=O)O)cc2)cc(N=Nc2cc(S(=O)(=O)O)c3cccc(S(=O)(=O)O)c3c2)c(N)c1N=Nc1ccc(S(=O)(=O)CCOS(=O)(=O)O)cc1S(=O)(=O)O. The first-order valence-corrected chi connectivity index (χ1v) is 27.9. The lowest BCUT2D eigenvalue weighted by Crippen LogP contribution is -2.16. The lowest BCUT2D eigenvalue weighted by atomic mass is 10.1. The monoisotopic (exact) mass is 1090 g/mol. The van der Waals surface area contributed by atoms with Crippen molar-refractivity contribution in [3.05, 3.63) is 78.9 Å². The molecule has 0 atom stereocenters. The Kier molecular flexibility index (Phi) is 15.3. The third-order valence-electron chi connectivity index (χ3n) is 8.53. The molecule has 0 aliphatic carbocycles. The smallest absolute Gasteiger partial charge is 0.395 e. The quantitative estimate of drug-likeness (QED) is 0.0346. The van der Waals surface area contributed by atoms with Crippen molar-refractivity contribution in [2.24, 2.45) is 30.7 Å². The van der Waals surface area contributed by atoms with Crippen LogP contribution in [0.4, 0.5) is 45.5 Å². The number of benzene rings is 5. The average molecular weight is 1090 g/mol. The Morgan fingerprint density at radius 1 is 0.426 bits per heavy atom. The number of fused-ring (bicyclic) bond motifs is 1. The van der Waals surface area contributed by atoms with Crippen molar-refractivity contribution >= 4 is 127 Å². The van der Waals surface area contributed by atoms with Crippen LogP contribution in [-0.2, 0) is 79.2 Å². The summed E-state index contributed by atoms with van der Waals surface area (Å²) in [7, 11) is -34.2. The second-order valence-corrected chi connectivity index (χ2v) is 23.7. The summed E-state index contributed by atoms with van der Waals surface area (Å²) in [5.41, 5.74) is 8.72. The fourth-order valence-electron chi connectivity index (χ4n) is 5.51. The van der Waals surface area contributed by atoms with Crippen LogP contribution in [0.2, 0.25) is 0 Å². The van der Waals surface area contributed by atoms with Crippen LogP contribution >= 0.6 is 0 Å². The normalized spacial score (nSPS) is 13.6. The Hall–Kier alpha value is -5.87. The summed E-state index contributed by atoms with van der Waals surface area (Å²) in [6.07, 6.45) is 0. The molecule has 0 aliphatic rings. The largest absolute Gasteiger partial charge is 0.397 e. The number of sulfone groups is 2. The van der Waals surface area contributed by atoms with Crippen molar-refractivity contribution in [2.45, 2.75) is 24.5 Å². The molecule has 366 valence electrons. The molecule has 5 rings (SSSR count). The molecule has 0 aliphatic heterocycles. The molecule has 9 N–H and O–H groups in total. The third-order valence-corrected chi connectivity index (χ3v) is 15.5. The van der Waals surface area contributed by atoms with E-state index in [-0.39, 0.29) is 16.0 Å². The summed E-state index contributed by atoms with van der Waals surface area (Å²) in [5.74, 6) is -1.98. The van der Waals surface area contributed by atoms with Gasteiger partial charge < -0.3 is 11.5 Å². The van der Waals surface area contributed by atoms with Gasteiger partial charge in [0.05, 0.1) is 57.3 Å². The van der Waals surface area contributed by atoms with Gasteiger partial charge in [0, 0.05) is 10.8 Å². The van der Waals surface area contributed by atoms with Gasteiger partial charge in [0.1, 0.15) is 37.4 Å². The zero-order valence-electron chi connectivity index (χ0n) is 33.3. The zero-order chi connectivity index (χ0) is 50.8. The predicted molar refractivity (Wildman–Crippen MR) is 233 cm³/mol. The van der Waals surface area contributed by atoms with Crippen LogP contribution in [0.1, 0.15) is 0 Å². The van der Waals surface area contributed by atoms with Crippen LogP contribution in [-0.4, -0.2) is 106 Å². The van der Waals surface area contributed by atoms with Gasteiger partial charge >= 0.3 is 20.8 Å². The maximum atomic E-state index is 12.8. The minimum absolute atomic E-state index is 0.0679. The molecule has 0 aromatic heterocycles. The van der Waals surface area contributed by atoms with E-state index in [2.05, 4.69) is 39.1 Å². The molecular formula is C32H30N8O21S7. The highest BCUT2D eigenvalue weighted by molar-refractivity contribution is 7.92. The molecular weight excluding hydrogens is 1060 g/mol. The lowest BCUT2D eigenvalue weighted by Gasteiger charge is -2.11. The van der Waals surface area contributed by atoms with Crippen molar-refractivity contribution in [2.75, 3.05) is 36.2 Å². The summed E-state index contributed by atoms with van der Waals surface area (Å²) in [6.45, 7) is -2.02. The lowest BCUT2D eigenvalue weighted by molar-refractivity contribution is 0.282. The van der Waals surface area contributed by atoms with Gasteiger partial charge in [-0.1, -0.05) is 12.1 Å². The molecule has 0 heterocycles. The van der Waals surface area contributed by atoms with Gasteiger partial charge in [-0.15, -0.1) is 20.5 Å². The van der Waals surface area contributed by atoms with Gasteiger partial charge in [0.15, 0.2) is 19.7 Å². The second kappa shape index (κ2) is 19.6. The summed E-state index contributed by atoms with van der Waals surface area (Å²) >= 11 is 0. The van der Waals surface area contributed by atoms with Crippen molar-refractivity contribution in [1.29, 1.82) is 0 Å². The van der Waals surface area contributed by atoms with Crippen molar-refractivity contribution in [3.63, 3.8) is 0 Å². The Balaban J connectivity index is 1.65. The van der Waals surface area contributed by atoms with E-state index < -0.39 is 160 Å². The maximum absolute atomic E-state index is 12.8. The first-order valence-electron chi connectivity index (χ1n) is 17.6. The topological polar surface area (TPSA) is 485 Å². The van der Waals surface area contributed by atoms with Crippen LogP contribution < -0.4 is 11.5 Å². The summed E-state index contributed by atoms with van der Waals surface area (Å²) < 4.78 is 223. The highest BCUT2D eigenvalue weighted by Crippen LogP contribution is 2.46. The number of nitrogens with zero attached hydrogens (tertiary/aromatic N) is 6. The van der Waals surface area contributed by atoms with Crippen LogP contribution in [0.15, 0.2) is 134 Å². The van der Waals surface area contributed by atoms with E-state index in [0.29, 0.717) is 6.07 Å². The van der Waals surface area contributed by atoms with E-state index in [1.807, 2.05) is 0 Å². The van der Waals surface area contributed by atoms with Gasteiger partial charge in [0.2, 0.25) is 0 Å². The van der Waals surface area contributed by atoms with Gasteiger partial charge in [-0.3, -0.25) is 22.8 Å². The minimum atomic E-state index is -5.35. The van der Waals surface area contributed by atoms with Gasteiger partial charge in [-0.05, 0) is 66.7 Å². The number of nitrogens with two attached hydrogens (primary N) is 2. The van der Waals surface area contributed by atoms with E-state index in [1.54, 1.807) is 0 Å². The molecule has 36 heteroatoms. The molecule has 0 unspecified atom stereocenters. The number of anilines is 2.